The molecule has 0 aromatic carbocycles. The van der Waals surface area contributed by atoms with Gasteiger partial charge in [0.15, 0.2) is 6.10 Å². The van der Waals surface area contributed by atoms with Crippen LogP contribution in [-0.4, -0.2) is 30.5 Å². The summed E-state index contributed by atoms with van der Waals surface area (Å²) in [7, 11) is 0. The van der Waals surface area contributed by atoms with E-state index in [1.54, 1.807) is 0 Å². The van der Waals surface area contributed by atoms with Crippen molar-refractivity contribution >= 4 is 0 Å². The lowest BCUT2D eigenvalue weighted by Gasteiger charge is -2.15. The van der Waals surface area contributed by atoms with Crippen molar-refractivity contribution in [2.24, 2.45) is 5.92 Å². The molecule has 1 atom stereocenters. The molecule has 74 valence electrons. The first-order valence-electron chi connectivity index (χ1n) is 3.79. The van der Waals surface area contributed by atoms with Crippen LogP contribution >= 0.6 is 0 Å². The molecule has 0 rings (SSSR count). The van der Waals surface area contributed by atoms with Crippen LogP contribution < -0.4 is 5.32 Å². The molecule has 0 fully saturated rings. The van der Waals surface area contributed by atoms with Crippen molar-refractivity contribution in [3.63, 3.8) is 0 Å². The highest BCUT2D eigenvalue weighted by Crippen LogP contribution is 2.19. The Kier molecular flexibility index (Phi) is 4.55. The number of aliphatic hydroxyl groups excluding tert-OH is 1. The van der Waals surface area contributed by atoms with E-state index in [1.165, 1.54) is 0 Å². The Morgan fingerprint density at radius 3 is 2.08 bits per heavy atom. The Morgan fingerprint density at radius 2 is 1.75 bits per heavy atom. The molecule has 0 unspecified atom stereocenters. The third-order valence-corrected chi connectivity index (χ3v) is 1.27. The van der Waals surface area contributed by atoms with Gasteiger partial charge in [0.05, 0.1) is 0 Å². The fraction of sp³-hybridized carbons (Fsp3) is 1.00. The minimum absolute atomic E-state index is 0.283. The van der Waals surface area contributed by atoms with Gasteiger partial charge >= 0.3 is 6.18 Å². The number of hydrogen-bond donors (Lipinski definition) is 2. The molecule has 12 heavy (non-hydrogen) atoms. The fourth-order valence-electron chi connectivity index (χ4n) is 0.624. The highest BCUT2D eigenvalue weighted by molar-refractivity contribution is 4.68. The lowest BCUT2D eigenvalue weighted by molar-refractivity contribution is -0.201. The van der Waals surface area contributed by atoms with Gasteiger partial charge in [-0.15, -0.1) is 0 Å². The molecule has 5 heteroatoms. The molecule has 0 aliphatic carbocycles. The van der Waals surface area contributed by atoms with E-state index in [0.717, 1.165) is 0 Å². The van der Waals surface area contributed by atoms with E-state index in [4.69, 9.17) is 5.11 Å². The standard InChI is InChI=1S/C7H14F3NO/c1-5(2)3-11-4-6(12)7(8,9)10/h5-6,11-12H,3-4H2,1-2H3/t6-/m1/s1. The van der Waals surface area contributed by atoms with Crippen LogP contribution in [0.25, 0.3) is 0 Å². The molecule has 0 aliphatic rings. The van der Waals surface area contributed by atoms with Crippen LogP contribution in [0.2, 0.25) is 0 Å². The predicted molar refractivity (Wildman–Crippen MR) is 39.8 cm³/mol. The molecule has 2 N–H and O–H groups in total. The Labute approximate surface area is 69.8 Å². The third kappa shape index (κ3) is 5.37. The van der Waals surface area contributed by atoms with Crippen LogP contribution in [0.15, 0.2) is 0 Å². The van der Waals surface area contributed by atoms with Gasteiger partial charge in [-0.1, -0.05) is 13.8 Å². The SMILES string of the molecule is CC(C)CNC[C@@H](O)C(F)(F)F. The van der Waals surface area contributed by atoms with Gasteiger partial charge in [-0.05, 0) is 12.5 Å². The second-order valence-electron chi connectivity index (χ2n) is 3.11. The topological polar surface area (TPSA) is 32.3 Å². The lowest BCUT2D eigenvalue weighted by Crippen LogP contribution is -2.39. The van der Waals surface area contributed by atoms with Crippen LogP contribution in [-0.2, 0) is 0 Å². The Hall–Kier alpha value is -0.290. The molecular weight excluding hydrogens is 171 g/mol. The summed E-state index contributed by atoms with van der Waals surface area (Å²) in [5.74, 6) is 0.283. The summed E-state index contributed by atoms with van der Waals surface area (Å²) in [6.07, 6.45) is -6.76. The van der Waals surface area contributed by atoms with E-state index < -0.39 is 18.8 Å². The number of alkyl halides is 3. The molecule has 0 aromatic rings. The van der Waals surface area contributed by atoms with Crippen molar-refractivity contribution in [1.82, 2.24) is 5.32 Å². The van der Waals surface area contributed by atoms with E-state index in [2.05, 4.69) is 5.32 Å². The monoisotopic (exact) mass is 185 g/mol. The van der Waals surface area contributed by atoms with Crippen molar-refractivity contribution in [3.05, 3.63) is 0 Å². The zero-order valence-electron chi connectivity index (χ0n) is 7.15. The van der Waals surface area contributed by atoms with Gasteiger partial charge in [0.2, 0.25) is 0 Å². The summed E-state index contributed by atoms with van der Waals surface area (Å²) in [4.78, 5) is 0. The quantitative estimate of drug-likeness (QED) is 0.688. The molecule has 0 saturated carbocycles. The molecular formula is C7H14F3NO. The van der Waals surface area contributed by atoms with Crippen molar-refractivity contribution in [2.45, 2.75) is 26.1 Å². The van der Waals surface area contributed by atoms with Crippen LogP contribution in [0.4, 0.5) is 13.2 Å². The lowest BCUT2D eigenvalue weighted by atomic mass is 10.2. The number of aliphatic hydroxyl groups is 1. The molecule has 0 bridgehead atoms. The van der Waals surface area contributed by atoms with Gasteiger partial charge in [-0.2, -0.15) is 13.2 Å². The highest BCUT2D eigenvalue weighted by Gasteiger charge is 2.37. The average Bonchev–Trinajstić information content (AvgIpc) is 1.84. The van der Waals surface area contributed by atoms with E-state index in [1.807, 2.05) is 13.8 Å². The molecule has 0 radical (unpaired) electrons. The van der Waals surface area contributed by atoms with Crippen LogP contribution in [0.3, 0.4) is 0 Å². The summed E-state index contributed by atoms with van der Waals surface area (Å²) < 4.78 is 35.1. The maximum Gasteiger partial charge on any atom is 0.415 e. The van der Waals surface area contributed by atoms with Crippen LogP contribution in [0, 0.1) is 5.92 Å². The first-order valence-corrected chi connectivity index (χ1v) is 3.79. The maximum absolute atomic E-state index is 11.7. The Bertz CT molecular complexity index is 124. The van der Waals surface area contributed by atoms with Gasteiger partial charge < -0.3 is 10.4 Å². The molecule has 0 amide bonds. The largest absolute Gasteiger partial charge is 0.415 e. The Balaban J connectivity index is 3.51. The Morgan fingerprint density at radius 1 is 1.25 bits per heavy atom. The van der Waals surface area contributed by atoms with Gasteiger partial charge in [-0.25, -0.2) is 0 Å². The average molecular weight is 185 g/mol. The van der Waals surface area contributed by atoms with Gasteiger partial charge in [-0.3, -0.25) is 0 Å². The molecule has 0 saturated heterocycles. The minimum atomic E-state index is -4.51. The van der Waals surface area contributed by atoms with E-state index in [0.29, 0.717) is 6.54 Å². The first kappa shape index (κ1) is 11.7. The van der Waals surface area contributed by atoms with Crippen LogP contribution in [0.5, 0.6) is 0 Å². The number of rotatable bonds is 4. The smallest absolute Gasteiger partial charge is 0.382 e. The fourth-order valence-corrected chi connectivity index (χ4v) is 0.624. The van der Waals surface area contributed by atoms with Crippen molar-refractivity contribution in [1.29, 1.82) is 0 Å². The molecule has 0 aliphatic heterocycles. The molecule has 0 spiro atoms. The maximum atomic E-state index is 11.7. The second kappa shape index (κ2) is 4.67. The minimum Gasteiger partial charge on any atom is -0.382 e. The van der Waals surface area contributed by atoms with E-state index >= 15 is 0 Å². The third-order valence-electron chi connectivity index (χ3n) is 1.27. The van der Waals surface area contributed by atoms with Crippen molar-refractivity contribution in [3.8, 4) is 0 Å². The second-order valence-corrected chi connectivity index (χ2v) is 3.11. The summed E-state index contributed by atoms with van der Waals surface area (Å²) in [6.45, 7) is 3.81. The summed E-state index contributed by atoms with van der Waals surface area (Å²) in [5, 5.41) is 11.0. The van der Waals surface area contributed by atoms with Gasteiger partial charge in [0.1, 0.15) is 0 Å². The van der Waals surface area contributed by atoms with Crippen LogP contribution in [0.1, 0.15) is 13.8 Å². The van der Waals surface area contributed by atoms with E-state index in [9.17, 15) is 13.2 Å². The number of hydrogen-bond acceptors (Lipinski definition) is 2. The van der Waals surface area contributed by atoms with Gasteiger partial charge in [0, 0.05) is 6.54 Å². The van der Waals surface area contributed by atoms with Crippen molar-refractivity contribution < 1.29 is 18.3 Å². The summed E-state index contributed by atoms with van der Waals surface area (Å²) in [5.41, 5.74) is 0. The predicted octanol–water partition coefficient (Wildman–Crippen LogP) is 1.16. The number of halogens is 3. The van der Waals surface area contributed by atoms with Crippen molar-refractivity contribution in [2.75, 3.05) is 13.1 Å². The van der Waals surface area contributed by atoms with E-state index in [-0.39, 0.29) is 5.92 Å². The molecule has 0 heterocycles. The molecule has 0 aromatic heterocycles. The summed E-state index contributed by atoms with van der Waals surface area (Å²) in [6, 6.07) is 0. The van der Waals surface area contributed by atoms with Gasteiger partial charge in [0.25, 0.3) is 0 Å². The highest BCUT2D eigenvalue weighted by atomic mass is 19.4. The molecule has 2 nitrogen and oxygen atoms in total. The zero-order valence-corrected chi connectivity index (χ0v) is 7.15. The normalized spacial score (nSPS) is 15.2. The summed E-state index contributed by atoms with van der Waals surface area (Å²) >= 11 is 0. The zero-order chi connectivity index (χ0) is 9.78. The first-order chi connectivity index (χ1) is 5.34. The number of nitrogens with one attached hydrogen (secondary N) is 1.